The van der Waals surface area contributed by atoms with Gasteiger partial charge in [0.05, 0.1) is 28.5 Å². The molecule has 0 aliphatic carbocycles. The van der Waals surface area contributed by atoms with E-state index in [1.54, 1.807) is 41.5 Å². The zero-order valence-corrected chi connectivity index (χ0v) is 20.4. The van der Waals surface area contributed by atoms with Crippen molar-refractivity contribution in [1.82, 2.24) is 0 Å². The molecule has 0 fully saturated rings. The maximum absolute atomic E-state index is 13.3. The first-order valence-corrected chi connectivity index (χ1v) is 10.7. The van der Waals surface area contributed by atoms with Crippen LogP contribution in [0.1, 0.15) is 66.9 Å². The average molecular weight is 475 g/mol. The number of hydrogen-bond acceptors (Lipinski definition) is 7. The molecule has 1 aliphatic heterocycles. The lowest BCUT2D eigenvalue weighted by atomic mass is 9.97. The van der Waals surface area contributed by atoms with Crippen LogP contribution in [0.2, 0.25) is 0 Å². The molecule has 0 aromatic heterocycles. The number of esters is 1. The van der Waals surface area contributed by atoms with E-state index in [0.29, 0.717) is 5.56 Å². The van der Waals surface area contributed by atoms with Gasteiger partial charge in [0, 0.05) is 17.7 Å². The number of carboxylic acids is 1. The van der Waals surface area contributed by atoms with Crippen LogP contribution in [0.15, 0.2) is 24.0 Å². The Morgan fingerprint density at radius 1 is 0.971 bits per heavy atom. The van der Waals surface area contributed by atoms with E-state index >= 15 is 0 Å². The van der Waals surface area contributed by atoms with Gasteiger partial charge in [-0.1, -0.05) is 0 Å². The van der Waals surface area contributed by atoms with E-state index in [4.69, 9.17) is 14.7 Å². The molecule has 1 aliphatic rings. The number of hydroxylamine groups is 1. The molecule has 0 saturated heterocycles. The highest BCUT2D eigenvalue weighted by atomic mass is 16.7. The molecular weight excluding hydrogens is 444 g/mol. The van der Waals surface area contributed by atoms with Crippen molar-refractivity contribution in [2.45, 2.75) is 61.3 Å². The minimum atomic E-state index is -1.11. The van der Waals surface area contributed by atoms with Crippen LogP contribution in [0.4, 0.5) is 11.4 Å². The molecule has 0 bridgehead atoms. The first-order chi connectivity index (χ1) is 15.5. The fourth-order valence-electron chi connectivity index (χ4n) is 2.75. The van der Waals surface area contributed by atoms with Crippen molar-refractivity contribution in [2.75, 3.05) is 10.4 Å². The Morgan fingerprint density at radius 3 is 2.09 bits per heavy atom. The number of nitrogens with one attached hydrogen (secondary N) is 1. The van der Waals surface area contributed by atoms with Gasteiger partial charge in [-0.3, -0.25) is 19.2 Å². The van der Waals surface area contributed by atoms with Crippen LogP contribution in [0.5, 0.6) is 0 Å². The molecule has 10 nitrogen and oxygen atoms in total. The molecule has 0 unspecified atom stereocenters. The predicted molar refractivity (Wildman–Crippen MR) is 123 cm³/mol. The van der Waals surface area contributed by atoms with Crippen molar-refractivity contribution in [3.63, 3.8) is 0 Å². The molecule has 2 amide bonds. The maximum Gasteiger partial charge on any atom is 0.338 e. The highest BCUT2D eigenvalue weighted by molar-refractivity contribution is 6.32. The second-order valence-corrected chi connectivity index (χ2v) is 9.97. The van der Waals surface area contributed by atoms with Gasteiger partial charge in [-0.15, -0.1) is 5.06 Å². The Hall–Kier alpha value is -3.69. The van der Waals surface area contributed by atoms with E-state index < -0.39 is 40.6 Å². The molecule has 2 rings (SSSR count). The lowest BCUT2D eigenvalue weighted by Gasteiger charge is -2.22. The lowest BCUT2D eigenvalue weighted by Crippen LogP contribution is -2.35. The summed E-state index contributed by atoms with van der Waals surface area (Å²) in [6.07, 6.45) is -0.573. The summed E-state index contributed by atoms with van der Waals surface area (Å²) in [6.45, 7) is 11.4. The van der Waals surface area contributed by atoms with Gasteiger partial charge >= 0.3 is 17.9 Å². The standard InChI is InChI=1S/C24H30N2O8/c1-13(33-21(31)23(2,3)4)19-15-9-8-14(25-17(27)10-11-18(28)29)12-16(15)26(20(19)30)34-22(32)24(5,6)7/h8-9,12H,10-11H2,1-7H3,(H,25,27)(H,28,29)/b19-13-. The number of allylic oxidation sites excluding steroid dienone is 1. The van der Waals surface area contributed by atoms with Crippen LogP contribution in [0.25, 0.3) is 5.57 Å². The summed E-state index contributed by atoms with van der Waals surface area (Å²) in [5.74, 6) is -3.52. The maximum atomic E-state index is 13.3. The summed E-state index contributed by atoms with van der Waals surface area (Å²) in [5.41, 5.74) is -0.908. The summed E-state index contributed by atoms with van der Waals surface area (Å²) >= 11 is 0. The monoisotopic (exact) mass is 474 g/mol. The smallest absolute Gasteiger partial charge is 0.338 e. The number of fused-ring (bicyclic) bond motifs is 1. The second kappa shape index (κ2) is 9.66. The number of anilines is 2. The van der Waals surface area contributed by atoms with E-state index in [1.165, 1.54) is 25.1 Å². The summed E-state index contributed by atoms with van der Waals surface area (Å²) in [4.78, 5) is 66.3. The normalized spacial score (nSPS) is 14.9. The van der Waals surface area contributed by atoms with Crippen molar-refractivity contribution in [3.05, 3.63) is 29.5 Å². The van der Waals surface area contributed by atoms with E-state index in [0.717, 1.165) is 5.06 Å². The molecule has 34 heavy (non-hydrogen) atoms. The topological polar surface area (TPSA) is 139 Å². The number of ether oxygens (including phenoxy) is 1. The Bertz CT molecular complexity index is 1070. The number of carbonyl (C=O) groups excluding carboxylic acids is 4. The molecule has 10 heteroatoms. The fraction of sp³-hybridized carbons (Fsp3) is 0.458. The third-order valence-electron chi connectivity index (χ3n) is 4.73. The third kappa shape index (κ3) is 6.21. The zero-order chi connectivity index (χ0) is 26.0. The third-order valence-corrected chi connectivity index (χ3v) is 4.73. The molecule has 0 atom stereocenters. The van der Waals surface area contributed by atoms with Crippen molar-refractivity contribution in [2.24, 2.45) is 10.8 Å². The number of carboxylic acid groups (broad SMARTS) is 1. The molecular formula is C24H30N2O8. The summed E-state index contributed by atoms with van der Waals surface area (Å²) in [6, 6.07) is 4.46. The van der Waals surface area contributed by atoms with Gasteiger partial charge in [-0.2, -0.15) is 0 Å². The summed E-state index contributed by atoms with van der Waals surface area (Å²) in [5, 5.41) is 12.1. The quantitative estimate of drug-likeness (QED) is 0.362. The van der Waals surface area contributed by atoms with Crippen LogP contribution in [-0.2, 0) is 33.5 Å². The number of amides is 2. The van der Waals surface area contributed by atoms with Crippen molar-refractivity contribution < 1.29 is 38.7 Å². The van der Waals surface area contributed by atoms with Crippen molar-refractivity contribution >= 4 is 46.7 Å². The van der Waals surface area contributed by atoms with Crippen molar-refractivity contribution in [1.29, 1.82) is 0 Å². The van der Waals surface area contributed by atoms with E-state index in [1.807, 2.05) is 0 Å². The molecule has 1 heterocycles. The lowest BCUT2D eigenvalue weighted by molar-refractivity contribution is -0.157. The summed E-state index contributed by atoms with van der Waals surface area (Å²) in [7, 11) is 0. The SMILES string of the molecule is C/C(OC(=O)C(C)(C)C)=C1/C(=O)N(OC(=O)C(C)(C)C)c2cc(NC(=O)CCC(=O)O)ccc21. The van der Waals surface area contributed by atoms with Gasteiger partial charge in [0.1, 0.15) is 5.76 Å². The van der Waals surface area contributed by atoms with Crippen LogP contribution in [0, 0.1) is 10.8 Å². The van der Waals surface area contributed by atoms with Gasteiger partial charge in [-0.25, -0.2) is 4.79 Å². The molecule has 184 valence electrons. The van der Waals surface area contributed by atoms with Gasteiger partial charge in [-0.05, 0) is 66.7 Å². The molecule has 0 radical (unpaired) electrons. The van der Waals surface area contributed by atoms with E-state index in [-0.39, 0.29) is 35.5 Å². The van der Waals surface area contributed by atoms with Gasteiger partial charge in [0.15, 0.2) is 0 Å². The molecule has 2 N–H and O–H groups in total. The Kier molecular flexibility index (Phi) is 7.55. The van der Waals surface area contributed by atoms with Crippen LogP contribution in [0.3, 0.4) is 0 Å². The minimum absolute atomic E-state index is 0.0399. The Balaban J connectivity index is 2.49. The van der Waals surface area contributed by atoms with Gasteiger partial charge in [0.25, 0.3) is 5.91 Å². The van der Waals surface area contributed by atoms with Crippen molar-refractivity contribution in [3.8, 4) is 0 Å². The Morgan fingerprint density at radius 2 is 1.56 bits per heavy atom. The molecule has 1 aromatic carbocycles. The first kappa shape index (κ1) is 26.6. The first-order valence-electron chi connectivity index (χ1n) is 10.7. The van der Waals surface area contributed by atoms with Gasteiger partial charge < -0.3 is 20.0 Å². The number of benzene rings is 1. The molecule has 0 spiro atoms. The number of rotatable bonds is 6. The average Bonchev–Trinajstić information content (AvgIpc) is 2.96. The molecule has 1 aromatic rings. The predicted octanol–water partition coefficient (Wildman–Crippen LogP) is 3.66. The highest BCUT2D eigenvalue weighted by Crippen LogP contribution is 2.41. The van der Waals surface area contributed by atoms with Crippen LogP contribution in [-0.4, -0.2) is 34.8 Å². The molecule has 0 saturated carbocycles. The number of carbonyl (C=O) groups is 5. The number of nitrogens with zero attached hydrogens (tertiary/aromatic N) is 1. The van der Waals surface area contributed by atoms with Crippen LogP contribution < -0.4 is 10.4 Å². The second-order valence-electron chi connectivity index (χ2n) is 9.97. The van der Waals surface area contributed by atoms with Gasteiger partial charge in [0.2, 0.25) is 5.91 Å². The van der Waals surface area contributed by atoms with E-state index in [9.17, 15) is 24.0 Å². The fourth-order valence-corrected chi connectivity index (χ4v) is 2.75. The largest absolute Gasteiger partial charge is 0.481 e. The highest BCUT2D eigenvalue weighted by Gasteiger charge is 2.40. The minimum Gasteiger partial charge on any atom is -0.481 e. The zero-order valence-electron chi connectivity index (χ0n) is 20.4. The van der Waals surface area contributed by atoms with E-state index in [2.05, 4.69) is 5.32 Å². The summed E-state index contributed by atoms with van der Waals surface area (Å²) < 4.78 is 5.42. The van der Waals surface area contributed by atoms with Crippen LogP contribution >= 0.6 is 0 Å². The Labute approximate surface area is 197 Å². The number of hydrogen-bond donors (Lipinski definition) is 2. The number of aliphatic carboxylic acids is 1.